The van der Waals surface area contributed by atoms with Gasteiger partial charge in [0.15, 0.2) is 11.5 Å². The Balaban J connectivity index is 2.41. The molecule has 0 radical (unpaired) electrons. The van der Waals surface area contributed by atoms with Crippen LogP contribution in [0.5, 0.6) is 11.5 Å². The minimum atomic E-state index is -0.0389. The second kappa shape index (κ2) is 2.16. The lowest BCUT2D eigenvalue weighted by atomic mass is 9.98. The summed E-state index contributed by atoms with van der Waals surface area (Å²) in [5.41, 5.74) is 1.38. The van der Waals surface area contributed by atoms with E-state index >= 15 is 0 Å². The third kappa shape index (κ3) is 1.04. The third-order valence-corrected chi connectivity index (χ3v) is 2.67. The summed E-state index contributed by atoms with van der Waals surface area (Å²) in [7, 11) is 0. The predicted molar refractivity (Wildman–Crippen MR) is 46.4 cm³/mol. The van der Waals surface area contributed by atoms with Gasteiger partial charge in [-0.25, -0.2) is 0 Å². The summed E-state index contributed by atoms with van der Waals surface area (Å²) in [5.74, 6) is -0.0522. The van der Waals surface area contributed by atoms with E-state index in [-0.39, 0.29) is 16.9 Å². The highest BCUT2D eigenvalue weighted by Crippen LogP contribution is 2.48. The van der Waals surface area contributed by atoms with Gasteiger partial charge in [0.1, 0.15) is 0 Å². The van der Waals surface area contributed by atoms with E-state index in [0.29, 0.717) is 0 Å². The van der Waals surface area contributed by atoms with Gasteiger partial charge in [0.05, 0.1) is 0 Å². The number of hydrogen-bond acceptors (Lipinski definition) is 2. The van der Waals surface area contributed by atoms with E-state index in [1.807, 2.05) is 6.07 Å². The summed E-state index contributed by atoms with van der Waals surface area (Å²) in [4.78, 5) is 0. The van der Waals surface area contributed by atoms with Gasteiger partial charge in [-0.15, -0.1) is 0 Å². The van der Waals surface area contributed by atoms with E-state index in [9.17, 15) is 5.11 Å². The average Bonchev–Trinajstić information content (AvgIpc) is 2.75. The monoisotopic (exact) mass is 164 g/mol. The van der Waals surface area contributed by atoms with Crippen LogP contribution >= 0.6 is 0 Å². The van der Waals surface area contributed by atoms with E-state index in [0.717, 1.165) is 5.56 Å². The van der Waals surface area contributed by atoms with Crippen LogP contribution in [-0.4, -0.2) is 10.2 Å². The van der Waals surface area contributed by atoms with E-state index in [1.165, 1.54) is 12.8 Å². The molecule has 64 valence electrons. The molecule has 0 atom stereocenters. The van der Waals surface area contributed by atoms with Gasteiger partial charge in [0.2, 0.25) is 0 Å². The van der Waals surface area contributed by atoms with Crippen LogP contribution < -0.4 is 0 Å². The summed E-state index contributed by atoms with van der Waals surface area (Å²) < 4.78 is 0. The standard InChI is InChI=1S/C10H12O2/c1-10(4-5-10)7-2-3-8(11)9(12)6-7/h2-3,6,11-12H,4-5H2,1H3. The molecule has 1 aliphatic carbocycles. The van der Waals surface area contributed by atoms with E-state index < -0.39 is 0 Å². The van der Waals surface area contributed by atoms with Gasteiger partial charge in [-0.2, -0.15) is 0 Å². The Morgan fingerprint density at radius 1 is 1.17 bits per heavy atom. The average molecular weight is 164 g/mol. The zero-order valence-electron chi connectivity index (χ0n) is 7.04. The lowest BCUT2D eigenvalue weighted by Gasteiger charge is -2.08. The third-order valence-electron chi connectivity index (χ3n) is 2.67. The maximum Gasteiger partial charge on any atom is 0.157 e. The van der Waals surface area contributed by atoms with Crippen molar-refractivity contribution in [3.05, 3.63) is 23.8 Å². The Kier molecular flexibility index (Phi) is 1.34. The highest BCUT2D eigenvalue weighted by Gasteiger charge is 2.39. The normalized spacial score (nSPS) is 19.1. The van der Waals surface area contributed by atoms with Crippen LogP contribution in [0.4, 0.5) is 0 Å². The molecule has 0 unspecified atom stereocenters. The SMILES string of the molecule is CC1(c2ccc(O)c(O)c2)CC1. The maximum atomic E-state index is 9.24. The van der Waals surface area contributed by atoms with Crippen molar-refractivity contribution in [1.82, 2.24) is 0 Å². The molecule has 1 aromatic carbocycles. The van der Waals surface area contributed by atoms with Crippen LogP contribution in [-0.2, 0) is 5.41 Å². The summed E-state index contributed by atoms with van der Waals surface area (Å²) in [5, 5.41) is 18.3. The van der Waals surface area contributed by atoms with Crippen molar-refractivity contribution in [2.75, 3.05) is 0 Å². The van der Waals surface area contributed by atoms with Gasteiger partial charge in [0.25, 0.3) is 0 Å². The summed E-state index contributed by atoms with van der Waals surface area (Å²) in [6, 6.07) is 5.08. The molecule has 0 aromatic heterocycles. The molecule has 1 fully saturated rings. The number of rotatable bonds is 1. The largest absolute Gasteiger partial charge is 0.504 e. The minimum absolute atomic E-state index is 0.0133. The van der Waals surface area contributed by atoms with Crippen molar-refractivity contribution in [2.45, 2.75) is 25.2 Å². The van der Waals surface area contributed by atoms with E-state index in [1.54, 1.807) is 12.1 Å². The zero-order chi connectivity index (χ0) is 8.77. The molecule has 1 saturated carbocycles. The molecule has 1 aliphatic rings. The van der Waals surface area contributed by atoms with Gasteiger partial charge in [-0.1, -0.05) is 13.0 Å². The van der Waals surface area contributed by atoms with Gasteiger partial charge in [-0.3, -0.25) is 0 Å². The van der Waals surface area contributed by atoms with Crippen LogP contribution in [0.1, 0.15) is 25.3 Å². The van der Waals surface area contributed by atoms with Crippen molar-refractivity contribution < 1.29 is 10.2 Å². The molecule has 2 rings (SSSR count). The molecule has 2 nitrogen and oxygen atoms in total. The molecule has 12 heavy (non-hydrogen) atoms. The Morgan fingerprint density at radius 3 is 2.33 bits per heavy atom. The molecule has 0 bridgehead atoms. The highest BCUT2D eigenvalue weighted by molar-refractivity contribution is 5.44. The second-order valence-corrected chi connectivity index (χ2v) is 3.76. The number of phenols is 2. The van der Waals surface area contributed by atoms with Crippen molar-refractivity contribution >= 4 is 0 Å². The molecule has 0 amide bonds. The molecule has 0 spiro atoms. The fraction of sp³-hybridized carbons (Fsp3) is 0.400. The molecule has 2 heteroatoms. The van der Waals surface area contributed by atoms with Gasteiger partial charge in [-0.05, 0) is 36.0 Å². The minimum Gasteiger partial charge on any atom is -0.504 e. The summed E-state index contributed by atoms with van der Waals surface area (Å²) in [6.07, 6.45) is 2.36. The predicted octanol–water partition coefficient (Wildman–Crippen LogP) is 2.15. The number of hydrogen-bond donors (Lipinski definition) is 2. The first kappa shape index (κ1) is 7.47. The lowest BCUT2D eigenvalue weighted by Crippen LogP contribution is -1.98. The number of phenolic OH excluding ortho intramolecular Hbond substituents is 2. The quantitative estimate of drug-likeness (QED) is 0.624. The first-order valence-corrected chi connectivity index (χ1v) is 4.14. The topological polar surface area (TPSA) is 40.5 Å². The van der Waals surface area contributed by atoms with Crippen molar-refractivity contribution in [2.24, 2.45) is 0 Å². The molecular formula is C10H12O2. The van der Waals surface area contributed by atoms with Crippen LogP contribution in [0.25, 0.3) is 0 Å². The summed E-state index contributed by atoms with van der Waals surface area (Å²) >= 11 is 0. The molecule has 2 N–H and O–H groups in total. The fourth-order valence-electron chi connectivity index (χ4n) is 1.38. The first-order chi connectivity index (χ1) is 5.62. The van der Waals surface area contributed by atoms with Crippen LogP contribution in [0.3, 0.4) is 0 Å². The smallest absolute Gasteiger partial charge is 0.157 e. The van der Waals surface area contributed by atoms with Crippen molar-refractivity contribution in [1.29, 1.82) is 0 Å². The molecule has 1 aromatic rings. The Labute approximate surface area is 71.5 Å². The lowest BCUT2D eigenvalue weighted by molar-refractivity contribution is 0.402. The van der Waals surface area contributed by atoms with Crippen molar-refractivity contribution in [3.8, 4) is 11.5 Å². The van der Waals surface area contributed by atoms with E-state index in [2.05, 4.69) is 6.92 Å². The number of aromatic hydroxyl groups is 2. The second-order valence-electron chi connectivity index (χ2n) is 3.76. The van der Waals surface area contributed by atoms with Crippen LogP contribution in [0, 0.1) is 0 Å². The van der Waals surface area contributed by atoms with Gasteiger partial charge >= 0.3 is 0 Å². The van der Waals surface area contributed by atoms with E-state index in [4.69, 9.17) is 5.11 Å². The Morgan fingerprint density at radius 2 is 1.83 bits per heavy atom. The van der Waals surface area contributed by atoms with Gasteiger partial charge < -0.3 is 10.2 Å². The van der Waals surface area contributed by atoms with Crippen molar-refractivity contribution in [3.63, 3.8) is 0 Å². The molecular weight excluding hydrogens is 152 g/mol. The zero-order valence-corrected chi connectivity index (χ0v) is 7.04. The Bertz CT molecular complexity index is 314. The molecule has 0 aliphatic heterocycles. The molecule has 0 saturated heterocycles. The summed E-state index contributed by atoms with van der Waals surface area (Å²) in [6.45, 7) is 2.17. The number of benzene rings is 1. The van der Waals surface area contributed by atoms with Crippen LogP contribution in [0.15, 0.2) is 18.2 Å². The Hall–Kier alpha value is -1.18. The first-order valence-electron chi connectivity index (χ1n) is 4.14. The fourth-order valence-corrected chi connectivity index (χ4v) is 1.38. The van der Waals surface area contributed by atoms with Crippen LogP contribution in [0.2, 0.25) is 0 Å². The highest BCUT2D eigenvalue weighted by atomic mass is 16.3. The molecule has 0 heterocycles. The van der Waals surface area contributed by atoms with Gasteiger partial charge in [0, 0.05) is 0 Å². The maximum absolute atomic E-state index is 9.24.